The smallest absolute Gasteiger partial charge is 0.189 e. The van der Waals surface area contributed by atoms with E-state index in [4.69, 9.17) is 11.6 Å². The van der Waals surface area contributed by atoms with Gasteiger partial charge in [0.15, 0.2) is 5.78 Å². The number of likely N-dealkylation sites (tertiary alicyclic amines) is 1. The molecule has 1 aliphatic rings. The molecule has 0 saturated carbocycles. The number of carbonyl (C=O) groups is 1. The van der Waals surface area contributed by atoms with Crippen LogP contribution in [-0.2, 0) is 0 Å². The molecule has 0 N–H and O–H groups in total. The largest absolute Gasteiger partial charge is 0.291 e. The van der Waals surface area contributed by atoms with Gasteiger partial charge in [0.1, 0.15) is 0 Å². The highest BCUT2D eigenvalue weighted by atomic mass is 35.5. The number of hydrogen-bond donors (Lipinski definition) is 0. The van der Waals surface area contributed by atoms with Crippen LogP contribution in [0.15, 0.2) is 12.1 Å². The minimum Gasteiger partial charge on any atom is -0.291 e. The van der Waals surface area contributed by atoms with E-state index < -0.39 is 0 Å². The first-order valence-electron chi connectivity index (χ1n) is 6.95. The third kappa shape index (κ3) is 3.21. The van der Waals surface area contributed by atoms with Crippen molar-refractivity contribution < 1.29 is 4.79 Å². The zero-order chi connectivity index (χ0) is 14.2. The molecule has 2 heterocycles. The van der Waals surface area contributed by atoms with Crippen molar-refractivity contribution in [2.75, 3.05) is 6.54 Å². The zero-order valence-electron chi connectivity index (χ0n) is 12.0. The van der Waals surface area contributed by atoms with E-state index in [1.54, 1.807) is 6.07 Å². The van der Waals surface area contributed by atoms with Gasteiger partial charge in [-0.25, -0.2) is 0 Å². The molecule has 1 aromatic heterocycles. The monoisotopic (exact) mass is 299 g/mol. The predicted molar refractivity (Wildman–Crippen MR) is 82.2 cm³/mol. The summed E-state index contributed by atoms with van der Waals surface area (Å²) in [5, 5.41) is 0. The van der Waals surface area contributed by atoms with Crippen molar-refractivity contribution in [3.05, 3.63) is 21.3 Å². The number of halogens is 1. The standard InChI is InChI=1S/C15H22ClNOS/c1-9-7-10(2)11(3)17(8-9)12(4)15(18)13-5-6-14(16)19-13/h5-6,9-12H,7-8H2,1-4H3. The summed E-state index contributed by atoms with van der Waals surface area (Å²) >= 11 is 7.30. The highest BCUT2D eigenvalue weighted by Gasteiger charge is 2.34. The van der Waals surface area contributed by atoms with E-state index >= 15 is 0 Å². The Kier molecular flexibility index (Phi) is 4.70. The average molecular weight is 300 g/mol. The van der Waals surface area contributed by atoms with E-state index in [0.29, 0.717) is 22.2 Å². The van der Waals surface area contributed by atoms with Crippen LogP contribution in [0.5, 0.6) is 0 Å². The lowest BCUT2D eigenvalue weighted by Gasteiger charge is -2.43. The average Bonchev–Trinajstić information content (AvgIpc) is 2.78. The van der Waals surface area contributed by atoms with Gasteiger partial charge in [0.2, 0.25) is 0 Å². The van der Waals surface area contributed by atoms with E-state index in [0.717, 1.165) is 11.4 Å². The summed E-state index contributed by atoms with van der Waals surface area (Å²) in [7, 11) is 0. The molecule has 0 radical (unpaired) electrons. The number of piperidine rings is 1. The zero-order valence-corrected chi connectivity index (χ0v) is 13.6. The van der Waals surface area contributed by atoms with E-state index in [2.05, 4.69) is 25.7 Å². The van der Waals surface area contributed by atoms with E-state index in [1.165, 1.54) is 17.8 Å². The normalized spacial score (nSPS) is 30.3. The third-order valence-electron chi connectivity index (χ3n) is 4.34. The Balaban J connectivity index is 2.13. The highest BCUT2D eigenvalue weighted by molar-refractivity contribution is 7.18. The van der Waals surface area contributed by atoms with E-state index in [1.807, 2.05) is 13.0 Å². The number of hydrogen-bond acceptors (Lipinski definition) is 3. The van der Waals surface area contributed by atoms with Crippen molar-refractivity contribution >= 4 is 28.7 Å². The van der Waals surface area contributed by atoms with Gasteiger partial charge in [-0.3, -0.25) is 9.69 Å². The Morgan fingerprint density at radius 1 is 1.42 bits per heavy atom. The molecule has 0 amide bonds. The van der Waals surface area contributed by atoms with Gasteiger partial charge >= 0.3 is 0 Å². The summed E-state index contributed by atoms with van der Waals surface area (Å²) in [4.78, 5) is 15.7. The van der Waals surface area contributed by atoms with Gasteiger partial charge in [-0.15, -0.1) is 11.3 Å². The van der Waals surface area contributed by atoms with Gasteiger partial charge in [0.05, 0.1) is 15.3 Å². The van der Waals surface area contributed by atoms with Crippen molar-refractivity contribution in [1.29, 1.82) is 0 Å². The topological polar surface area (TPSA) is 20.3 Å². The maximum atomic E-state index is 12.5. The molecule has 0 bridgehead atoms. The molecule has 4 unspecified atom stereocenters. The molecule has 0 aromatic carbocycles. The van der Waals surface area contributed by atoms with Crippen molar-refractivity contribution in [1.82, 2.24) is 4.90 Å². The third-order valence-corrected chi connectivity index (χ3v) is 5.58. The summed E-state index contributed by atoms with van der Waals surface area (Å²) in [6.07, 6.45) is 1.25. The Hall–Kier alpha value is -0.380. The fourth-order valence-corrected chi connectivity index (χ4v) is 4.14. The minimum absolute atomic E-state index is 0.0603. The van der Waals surface area contributed by atoms with Crippen LogP contribution in [0.1, 0.15) is 43.8 Å². The fourth-order valence-electron chi connectivity index (χ4n) is 3.07. The molecule has 2 nitrogen and oxygen atoms in total. The van der Waals surface area contributed by atoms with Crippen LogP contribution < -0.4 is 0 Å². The molecule has 0 aliphatic carbocycles. The van der Waals surface area contributed by atoms with Crippen LogP contribution >= 0.6 is 22.9 Å². The van der Waals surface area contributed by atoms with Crippen LogP contribution in [0.4, 0.5) is 0 Å². The number of thiophene rings is 1. The molecule has 1 aromatic rings. The second-order valence-corrected chi connectivity index (χ2v) is 7.61. The van der Waals surface area contributed by atoms with Gasteiger partial charge in [-0.05, 0) is 44.2 Å². The Bertz CT molecular complexity index is 459. The molecular formula is C15H22ClNOS. The maximum absolute atomic E-state index is 12.5. The first kappa shape index (κ1) is 15.0. The van der Waals surface area contributed by atoms with Gasteiger partial charge in [-0.1, -0.05) is 25.4 Å². The lowest BCUT2D eigenvalue weighted by atomic mass is 9.84. The van der Waals surface area contributed by atoms with Gasteiger partial charge in [-0.2, -0.15) is 0 Å². The number of nitrogens with zero attached hydrogens (tertiary/aromatic N) is 1. The quantitative estimate of drug-likeness (QED) is 0.774. The predicted octanol–water partition coefficient (Wildman–Crippen LogP) is 4.34. The van der Waals surface area contributed by atoms with E-state index in [-0.39, 0.29) is 11.8 Å². The van der Waals surface area contributed by atoms with Crippen molar-refractivity contribution in [2.24, 2.45) is 11.8 Å². The first-order valence-corrected chi connectivity index (χ1v) is 8.15. The molecule has 0 spiro atoms. The molecule has 19 heavy (non-hydrogen) atoms. The Morgan fingerprint density at radius 2 is 2.11 bits per heavy atom. The molecular weight excluding hydrogens is 278 g/mol. The molecule has 2 rings (SSSR count). The maximum Gasteiger partial charge on any atom is 0.189 e. The minimum atomic E-state index is -0.0603. The van der Waals surface area contributed by atoms with Crippen molar-refractivity contribution in [3.8, 4) is 0 Å². The van der Waals surface area contributed by atoms with Crippen LogP contribution in [0.3, 0.4) is 0 Å². The molecule has 1 fully saturated rings. The summed E-state index contributed by atoms with van der Waals surface area (Å²) in [5.41, 5.74) is 0. The summed E-state index contributed by atoms with van der Waals surface area (Å²) < 4.78 is 0.684. The molecule has 4 atom stereocenters. The fraction of sp³-hybridized carbons (Fsp3) is 0.667. The first-order chi connectivity index (χ1) is 8.90. The summed E-state index contributed by atoms with van der Waals surface area (Å²) in [6.45, 7) is 9.83. The van der Waals surface area contributed by atoms with Crippen molar-refractivity contribution in [3.63, 3.8) is 0 Å². The summed E-state index contributed by atoms with van der Waals surface area (Å²) in [6, 6.07) is 4.05. The lowest BCUT2D eigenvalue weighted by Crippen LogP contribution is -2.52. The molecule has 4 heteroatoms. The molecule has 106 valence electrons. The Morgan fingerprint density at radius 3 is 2.68 bits per heavy atom. The Labute approximate surface area is 124 Å². The number of carbonyl (C=O) groups excluding carboxylic acids is 1. The summed E-state index contributed by atoms with van der Waals surface area (Å²) in [5.74, 6) is 1.50. The van der Waals surface area contributed by atoms with Gasteiger partial charge in [0.25, 0.3) is 0 Å². The number of Topliss-reactive ketones (excluding diaryl/α,β-unsaturated/α-hetero) is 1. The molecule has 1 aliphatic heterocycles. The molecule has 1 saturated heterocycles. The van der Waals surface area contributed by atoms with Gasteiger partial charge in [0, 0.05) is 12.6 Å². The van der Waals surface area contributed by atoms with Gasteiger partial charge < -0.3 is 0 Å². The highest BCUT2D eigenvalue weighted by Crippen LogP contribution is 2.30. The SMILES string of the molecule is CC1CC(C)C(C)N(C(C)C(=O)c2ccc(Cl)s2)C1. The lowest BCUT2D eigenvalue weighted by molar-refractivity contribution is 0.0408. The van der Waals surface area contributed by atoms with Crippen LogP contribution in [-0.4, -0.2) is 29.3 Å². The number of ketones is 1. The van der Waals surface area contributed by atoms with E-state index in [9.17, 15) is 4.79 Å². The van der Waals surface area contributed by atoms with Crippen LogP contribution in [0.2, 0.25) is 4.34 Å². The van der Waals surface area contributed by atoms with Crippen LogP contribution in [0.25, 0.3) is 0 Å². The second-order valence-electron chi connectivity index (χ2n) is 5.90. The van der Waals surface area contributed by atoms with Crippen LogP contribution in [0, 0.1) is 11.8 Å². The van der Waals surface area contributed by atoms with Crippen molar-refractivity contribution in [2.45, 2.75) is 46.2 Å². The number of rotatable bonds is 3. The second kappa shape index (κ2) is 5.94.